The molecule has 0 aromatic heterocycles. The van der Waals surface area contributed by atoms with Gasteiger partial charge < -0.3 is 21.3 Å². The van der Waals surface area contributed by atoms with Gasteiger partial charge in [0.2, 0.25) is 0 Å². The summed E-state index contributed by atoms with van der Waals surface area (Å²) in [7, 11) is 0. The molecule has 0 atom stereocenters. The van der Waals surface area contributed by atoms with Crippen LogP contribution in [0.2, 0.25) is 20.1 Å². The maximum absolute atomic E-state index is 12.7. The topological polar surface area (TPSA) is 82.3 Å². The molecule has 3 aromatic carbocycles. The summed E-state index contributed by atoms with van der Waals surface area (Å²) in [5, 5.41) is 13.7. The van der Waals surface area contributed by atoms with Gasteiger partial charge in [0.25, 0.3) is 0 Å². The highest BCUT2D eigenvalue weighted by atomic mass is 35.5. The first-order chi connectivity index (χ1) is 17.8. The number of hydrogen-bond donors (Lipinski definition) is 4. The van der Waals surface area contributed by atoms with Crippen LogP contribution in [0, 0.1) is 0 Å². The number of hydrogen-bond acceptors (Lipinski definition) is 2. The number of halogens is 4. The minimum absolute atomic E-state index is 0.255. The van der Waals surface area contributed by atoms with Gasteiger partial charge in [-0.05, 0) is 74.2 Å². The summed E-state index contributed by atoms with van der Waals surface area (Å²) in [5.41, 5.74) is 1.86. The summed E-state index contributed by atoms with van der Waals surface area (Å²) in [6.45, 7) is 8.14. The van der Waals surface area contributed by atoms with Gasteiger partial charge in [-0.3, -0.25) is 0 Å². The molecule has 0 spiro atoms. The third kappa shape index (κ3) is 8.18. The van der Waals surface area contributed by atoms with Gasteiger partial charge in [-0.1, -0.05) is 82.8 Å². The fourth-order valence-electron chi connectivity index (χ4n) is 3.78. The minimum Gasteiger partial charge on any atom is -0.334 e. The maximum Gasteiger partial charge on any atom is 0.315 e. The molecule has 4 amide bonds. The summed E-state index contributed by atoms with van der Waals surface area (Å²) in [6, 6.07) is 17.3. The van der Waals surface area contributed by atoms with Crippen LogP contribution in [0.3, 0.4) is 0 Å². The van der Waals surface area contributed by atoms with Crippen molar-refractivity contribution in [1.82, 2.24) is 21.3 Å². The molecule has 0 bridgehead atoms. The first-order valence-electron chi connectivity index (χ1n) is 11.9. The fraction of sp³-hybridized carbons (Fsp3) is 0.286. The monoisotopic (exact) mass is 594 g/mol. The molecule has 0 fully saturated rings. The second-order valence-corrected chi connectivity index (χ2v) is 11.6. The predicted octanol–water partition coefficient (Wildman–Crippen LogP) is 7.77. The molecule has 0 unspecified atom stereocenters. The molecule has 0 radical (unpaired) electrons. The second kappa shape index (κ2) is 12.5. The lowest BCUT2D eigenvalue weighted by atomic mass is 9.87. The average molecular weight is 596 g/mol. The summed E-state index contributed by atoms with van der Waals surface area (Å²) >= 11 is 24.3. The highest BCUT2D eigenvalue weighted by Crippen LogP contribution is 2.27. The summed E-state index contributed by atoms with van der Waals surface area (Å²) < 4.78 is 0. The summed E-state index contributed by atoms with van der Waals surface area (Å²) in [6.07, 6.45) is 0. The number of benzene rings is 3. The van der Waals surface area contributed by atoms with Crippen molar-refractivity contribution in [2.45, 2.75) is 51.9 Å². The zero-order valence-electron chi connectivity index (χ0n) is 21.5. The van der Waals surface area contributed by atoms with Gasteiger partial charge in [0.05, 0.1) is 11.1 Å². The average Bonchev–Trinajstić information content (AvgIpc) is 2.82. The Morgan fingerprint density at radius 3 is 1.39 bits per heavy atom. The van der Waals surface area contributed by atoms with Crippen molar-refractivity contribution in [3.8, 4) is 0 Å². The molecular formula is C28H30Cl4N4O2. The van der Waals surface area contributed by atoms with Crippen LogP contribution in [-0.4, -0.2) is 12.1 Å². The van der Waals surface area contributed by atoms with E-state index in [9.17, 15) is 9.59 Å². The summed E-state index contributed by atoms with van der Waals surface area (Å²) in [5.74, 6) is 0. The minimum atomic E-state index is -0.701. The first kappa shape index (κ1) is 29.9. The van der Waals surface area contributed by atoms with Gasteiger partial charge >= 0.3 is 12.1 Å². The van der Waals surface area contributed by atoms with E-state index in [1.165, 1.54) is 0 Å². The highest BCUT2D eigenvalue weighted by molar-refractivity contribution is 6.35. The van der Waals surface area contributed by atoms with Gasteiger partial charge in [-0.15, -0.1) is 0 Å². The third-order valence-corrected chi connectivity index (χ3v) is 7.24. The van der Waals surface area contributed by atoms with Gasteiger partial charge in [0.15, 0.2) is 0 Å². The lowest BCUT2D eigenvalue weighted by molar-refractivity contribution is 0.229. The Balaban J connectivity index is 1.62. The van der Waals surface area contributed by atoms with Gasteiger partial charge in [0, 0.05) is 33.2 Å². The lowest BCUT2D eigenvalue weighted by Gasteiger charge is -2.31. The predicted molar refractivity (Wildman–Crippen MR) is 156 cm³/mol. The SMILES string of the molecule is CC(C)(NC(=O)NCc1ccc(Cl)cc1Cl)c1cccc(C(C)(C)NC(=O)NCc2ccc(Cl)cc2Cl)c1. The van der Waals surface area contributed by atoms with E-state index in [2.05, 4.69) is 21.3 Å². The van der Waals surface area contributed by atoms with Crippen LogP contribution >= 0.6 is 46.4 Å². The zero-order chi connectivity index (χ0) is 28.1. The van der Waals surface area contributed by atoms with E-state index in [1.807, 2.05) is 52.0 Å². The standard InChI is InChI=1S/C28H30Cl4N4O2/c1-27(2,35-25(37)33-15-17-8-10-21(29)13-23(17)31)19-6-5-7-20(12-19)28(3,4)36-26(38)34-16-18-9-11-22(30)14-24(18)32/h5-14H,15-16H2,1-4H3,(H2,33,35,37)(H2,34,36,38). The van der Waals surface area contributed by atoms with Crippen molar-refractivity contribution < 1.29 is 9.59 Å². The van der Waals surface area contributed by atoms with Crippen molar-refractivity contribution in [3.05, 3.63) is 103 Å². The number of nitrogens with one attached hydrogen (secondary N) is 4. The lowest BCUT2D eigenvalue weighted by Crippen LogP contribution is -2.47. The quantitative estimate of drug-likeness (QED) is 0.214. The Hall–Kier alpha value is -2.64. The van der Waals surface area contributed by atoms with Crippen LogP contribution in [0.1, 0.15) is 49.9 Å². The maximum atomic E-state index is 12.7. The molecule has 10 heteroatoms. The van der Waals surface area contributed by atoms with Crippen molar-refractivity contribution in [3.63, 3.8) is 0 Å². The Morgan fingerprint density at radius 1 is 0.632 bits per heavy atom. The van der Waals surface area contributed by atoms with Crippen molar-refractivity contribution in [2.75, 3.05) is 0 Å². The number of amides is 4. The van der Waals surface area contributed by atoms with Gasteiger partial charge in [-0.2, -0.15) is 0 Å². The molecule has 0 heterocycles. The van der Waals surface area contributed by atoms with Crippen LogP contribution in [0.15, 0.2) is 60.7 Å². The molecule has 4 N–H and O–H groups in total. The first-order valence-corrected chi connectivity index (χ1v) is 13.4. The van der Waals surface area contributed by atoms with Crippen LogP contribution in [-0.2, 0) is 24.2 Å². The molecule has 0 saturated carbocycles. The van der Waals surface area contributed by atoms with E-state index in [-0.39, 0.29) is 25.2 Å². The molecule has 0 aliphatic rings. The Kier molecular flexibility index (Phi) is 9.82. The van der Waals surface area contributed by atoms with Crippen molar-refractivity contribution in [1.29, 1.82) is 0 Å². The zero-order valence-corrected chi connectivity index (χ0v) is 24.5. The third-order valence-electron chi connectivity index (χ3n) is 6.07. The number of carbonyl (C=O) groups is 2. The fourth-order valence-corrected chi connectivity index (χ4v) is 4.73. The normalized spacial score (nSPS) is 11.6. The molecule has 0 aliphatic heterocycles. The van der Waals surface area contributed by atoms with E-state index >= 15 is 0 Å². The molecule has 0 aliphatic carbocycles. The molecule has 38 heavy (non-hydrogen) atoms. The Morgan fingerprint density at radius 2 is 1.03 bits per heavy atom. The van der Waals surface area contributed by atoms with E-state index < -0.39 is 11.1 Å². The molecule has 3 aromatic rings. The molecule has 0 saturated heterocycles. The van der Waals surface area contributed by atoms with Crippen molar-refractivity contribution in [2.24, 2.45) is 0 Å². The summed E-state index contributed by atoms with van der Waals surface area (Å²) in [4.78, 5) is 25.3. The number of rotatable bonds is 8. The molecule has 202 valence electrons. The van der Waals surface area contributed by atoms with Crippen LogP contribution in [0.25, 0.3) is 0 Å². The molecule has 6 nitrogen and oxygen atoms in total. The number of carbonyl (C=O) groups excluding carboxylic acids is 2. The molecule has 3 rings (SSSR count). The molecular weight excluding hydrogens is 566 g/mol. The Labute approximate surface area is 243 Å². The van der Waals surface area contributed by atoms with Crippen LogP contribution in [0.5, 0.6) is 0 Å². The van der Waals surface area contributed by atoms with Crippen LogP contribution < -0.4 is 21.3 Å². The second-order valence-electron chi connectivity index (χ2n) is 9.92. The Bertz CT molecular complexity index is 1230. The van der Waals surface area contributed by atoms with Crippen LogP contribution in [0.4, 0.5) is 9.59 Å². The highest BCUT2D eigenvalue weighted by Gasteiger charge is 2.27. The van der Waals surface area contributed by atoms with E-state index in [0.717, 1.165) is 22.3 Å². The largest absolute Gasteiger partial charge is 0.334 e. The van der Waals surface area contributed by atoms with E-state index in [0.29, 0.717) is 20.1 Å². The van der Waals surface area contributed by atoms with Gasteiger partial charge in [-0.25, -0.2) is 9.59 Å². The van der Waals surface area contributed by atoms with E-state index in [1.54, 1.807) is 36.4 Å². The van der Waals surface area contributed by atoms with E-state index in [4.69, 9.17) is 46.4 Å². The smallest absolute Gasteiger partial charge is 0.315 e. The van der Waals surface area contributed by atoms with Gasteiger partial charge in [0.1, 0.15) is 0 Å². The van der Waals surface area contributed by atoms with Crippen molar-refractivity contribution >= 4 is 58.5 Å². The number of urea groups is 2.